The van der Waals surface area contributed by atoms with Crippen LogP contribution >= 0.6 is 27.5 Å². The van der Waals surface area contributed by atoms with Gasteiger partial charge in [0.15, 0.2) is 0 Å². The van der Waals surface area contributed by atoms with Crippen LogP contribution in [-0.4, -0.2) is 18.9 Å². The molecule has 0 unspecified atom stereocenters. The van der Waals surface area contributed by atoms with E-state index in [4.69, 9.17) is 11.6 Å². The van der Waals surface area contributed by atoms with Crippen LogP contribution in [0.2, 0.25) is 5.02 Å². The van der Waals surface area contributed by atoms with Gasteiger partial charge in [0.1, 0.15) is 0 Å². The quantitative estimate of drug-likeness (QED) is 0.913. The largest absolute Gasteiger partial charge is 0.346 e. The van der Waals surface area contributed by atoms with E-state index in [1.165, 1.54) is 6.07 Å². The Labute approximate surface area is 98.7 Å². The van der Waals surface area contributed by atoms with Crippen molar-refractivity contribution in [3.05, 3.63) is 33.3 Å². The van der Waals surface area contributed by atoms with Gasteiger partial charge in [-0.1, -0.05) is 17.7 Å². The van der Waals surface area contributed by atoms with Crippen LogP contribution in [0.5, 0.6) is 0 Å². The molecule has 0 saturated carbocycles. The molecule has 0 radical (unpaired) electrons. The van der Waals surface area contributed by atoms with Crippen molar-refractivity contribution in [2.75, 3.05) is 6.54 Å². The SMILES string of the molecule is O=C(NCC(F)F)c1cccc(Br)c1Cl. The molecule has 82 valence electrons. The summed E-state index contributed by atoms with van der Waals surface area (Å²) in [5, 5.41) is 2.28. The van der Waals surface area contributed by atoms with Crippen LogP contribution in [0.4, 0.5) is 8.78 Å². The number of hydrogen-bond donors (Lipinski definition) is 1. The summed E-state index contributed by atoms with van der Waals surface area (Å²) in [6.07, 6.45) is -2.57. The van der Waals surface area contributed by atoms with Crippen LogP contribution in [0.25, 0.3) is 0 Å². The molecule has 1 amide bonds. The summed E-state index contributed by atoms with van der Waals surface area (Å²) >= 11 is 8.94. The molecule has 6 heteroatoms. The second kappa shape index (κ2) is 5.42. The van der Waals surface area contributed by atoms with Gasteiger partial charge < -0.3 is 5.32 Å². The van der Waals surface area contributed by atoms with Crippen molar-refractivity contribution in [1.29, 1.82) is 0 Å². The Balaban J connectivity index is 2.78. The van der Waals surface area contributed by atoms with E-state index in [1.807, 2.05) is 0 Å². The number of carbonyl (C=O) groups is 1. The summed E-state index contributed by atoms with van der Waals surface area (Å²) in [4.78, 5) is 11.4. The minimum atomic E-state index is -2.57. The highest BCUT2D eigenvalue weighted by Crippen LogP contribution is 2.25. The molecule has 0 heterocycles. The van der Waals surface area contributed by atoms with Crippen LogP contribution in [0.3, 0.4) is 0 Å². The maximum absolute atomic E-state index is 11.8. The summed E-state index contributed by atoms with van der Waals surface area (Å²) in [7, 11) is 0. The van der Waals surface area contributed by atoms with Crippen molar-refractivity contribution < 1.29 is 13.6 Å². The first kappa shape index (κ1) is 12.4. The van der Waals surface area contributed by atoms with E-state index < -0.39 is 18.9 Å². The van der Waals surface area contributed by atoms with Crippen LogP contribution in [0, 0.1) is 0 Å². The van der Waals surface area contributed by atoms with Gasteiger partial charge in [-0.25, -0.2) is 8.78 Å². The fraction of sp³-hybridized carbons (Fsp3) is 0.222. The highest BCUT2D eigenvalue weighted by Gasteiger charge is 2.13. The number of hydrogen-bond acceptors (Lipinski definition) is 1. The van der Waals surface area contributed by atoms with Gasteiger partial charge in [0.05, 0.1) is 17.1 Å². The second-order valence-corrected chi connectivity index (χ2v) is 3.93. The Morgan fingerprint density at radius 3 is 2.80 bits per heavy atom. The molecule has 2 nitrogen and oxygen atoms in total. The molecule has 0 spiro atoms. The van der Waals surface area contributed by atoms with Gasteiger partial charge in [0, 0.05) is 4.47 Å². The lowest BCUT2D eigenvalue weighted by molar-refractivity contribution is 0.0892. The maximum Gasteiger partial charge on any atom is 0.255 e. The molecule has 0 aliphatic carbocycles. The number of alkyl halides is 2. The number of amides is 1. The van der Waals surface area contributed by atoms with Gasteiger partial charge in [0.2, 0.25) is 0 Å². The number of benzene rings is 1. The molecule has 15 heavy (non-hydrogen) atoms. The fourth-order valence-corrected chi connectivity index (χ4v) is 1.52. The van der Waals surface area contributed by atoms with Crippen molar-refractivity contribution in [3.8, 4) is 0 Å². The van der Waals surface area contributed by atoms with E-state index in [2.05, 4.69) is 21.2 Å². The summed E-state index contributed by atoms with van der Waals surface area (Å²) in [5.41, 5.74) is 0.173. The van der Waals surface area contributed by atoms with Crippen LogP contribution in [0.15, 0.2) is 22.7 Å². The first-order chi connectivity index (χ1) is 7.02. The van der Waals surface area contributed by atoms with E-state index >= 15 is 0 Å². The van der Waals surface area contributed by atoms with E-state index in [0.29, 0.717) is 4.47 Å². The van der Waals surface area contributed by atoms with Crippen LogP contribution < -0.4 is 5.32 Å². The third-order valence-electron chi connectivity index (χ3n) is 1.61. The monoisotopic (exact) mass is 297 g/mol. The number of nitrogens with one attached hydrogen (secondary N) is 1. The Hall–Kier alpha value is -0.680. The molecule has 0 aliphatic heterocycles. The zero-order valence-corrected chi connectivity index (χ0v) is 9.78. The lowest BCUT2D eigenvalue weighted by atomic mass is 10.2. The molecule has 1 aromatic rings. The first-order valence-corrected chi connectivity index (χ1v) is 5.20. The molecule has 1 aromatic carbocycles. The molecule has 0 fully saturated rings. The van der Waals surface area contributed by atoms with Crippen molar-refractivity contribution in [3.63, 3.8) is 0 Å². The number of halogens is 4. The third-order valence-corrected chi connectivity index (χ3v) is 2.91. The van der Waals surface area contributed by atoms with Crippen molar-refractivity contribution in [1.82, 2.24) is 5.32 Å². The van der Waals surface area contributed by atoms with E-state index in [1.54, 1.807) is 12.1 Å². The third kappa shape index (κ3) is 3.43. The molecule has 0 aliphatic rings. The fourth-order valence-electron chi connectivity index (χ4n) is 0.944. The summed E-state index contributed by atoms with van der Waals surface area (Å²) < 4.78 is 24.2. The minimum absolute atomic E-state index is 0.173. The van der Waals surface area contributed by atoms with Crippen molar-refractivity contribution in [2.24, 2.45) is 0 Å². The van der Waals surface area contributed by atoms with Gasteiger partial charge in [-0.3, -0.25) is 4.79 Å². The molecular weight excluding hydrogens is 291 g/mol. The van der Waals surface area contributed by atoms with Gasteiger partial charge in [-0.05, 0) is 28.1 Å². The minimum Gasteiger partial charge on any atom is -0.346 e. The Bertz CT molecular complexity index is 373. The topological polar surface area (TPSA) is 29.1 Å². The van der Waals surface area contributed by atoms with Gasteiger partial charge >= 0.3 is 0 Å². The molecule has 0 aromatic heterocycles. The van der Waals surface area contributed by atoms with Crippen molar-refractivity contribution in [2.45, 2.75) is 6.43 Å². The van der Waals surface area contributed by atoms with E-state index in [9.17, 15) is 13.6 Å². The standard InChI is InChI=1S/C9H7BrClF2NO/c10-6-3-1-2-5(8(6)11)9(15)14-4-7(12)13/h1-3,7H,4H2,(H,14,15). The van der Waals surface area contributed by atoms with Gasteiger partial charge in [-0.2, -0.15) is 0 Å². The lowest BCUT2D eigenvalue weighted by Gasteiger charge is -2.06. The zero-order chi connectivity index (χ0) is 11.4. The summed E-state index contributed by atoms with van der Waals surface area (Å²) in [5.74, 6) is -0.610. The molecule has 1 N–H and O–H groups in total. The zero-order valence-electron chi connectivity index (χ0n) is 7.44. The molecule has 0 atom stereocenters. The van der Waals surface area contributed by atoms with Crippen molar-refractivity contribution >= 4 is 33.4 Å². The Kier molecular flexibility index (Phi) is 4.47. The number of carbonyl (C=O) groups excluding carboxylic acids is 1. The van der Waals surface area contributed by atoms with E-state index in [-0.39, 0.29) is 10.6 Å². The predicted octanol–water partition coefficient (Wildman–Crippen LogP) is 3.10. The van der Waals surface area contributed by atoms with Crippen LogP contribution in [0.1, 0.15) is 10.4 Å². The Morgan fingerprint density at radius 2 is 2.20 bits per heavy atom. The predicted molar refractivity (Wildman–Crippen MR) is 57.5 cm³/mol. The smallest absolute Gasteiger partial charge is 0.255 e. The van der Waals surface area contributed by atoms with Gasteiger partial charge in [0.25, 0.3) is 12.3 Å². The summed E-state index contributed by atoms with van der Waals surface area (Å²) in [6, 6.07) is 4.73. The lowest BCUT2D eigenvalue weighted by Crippen LogP contribution is -2.28. The number of rotatable bonds is 3. The Morgan fingerprint density at radius 1 is 1.53 bits per heavy atom. The molecule has 1 rings (SSSR count). The summed E-state index contributed by atoms with van der Waals surface area (Å²) in [6.45, 7) is -0.679. The average molecular weight is 299 g/mol. The van der Waals surface area contributed by atoms with Crippen LogP contribution in [-0.2, 0) is 0 Å². The second-order valence-electron chi connectivity index (χ2n) is 2.70. The molecule has 0 saturated heterocycles. The maximum atomic E-state index is 11.8. The molecular formula is C9H7BrClF2NO. The normalized spacial score (nSPS) is 10.5. The van der Waals surface area contributed by atoms with Gasteiger partial charge in [-0.15, -0.1) is 0 Å². The highest BCUT2D eigenvalue weighted by atomic mass is 79.9. The average Bonchev–Trinajstić information content (AvgIpc) is 2.18. The van der Waals surface area contributed by atoms with E-state index in [0.717, 1.165) is 0 Å². The molecule has 0 bridgehead atoms. The first-order valence-electron chi connectivity index (χ1n) is 4.02. The highest BCUT2D eigenvalue weighted by molar-refractivity contribution is 9.10.